The van der Waals surface area contributed by atoms with Gasteiger partial charge in [0.2, 0.25) is 5.95 Å². The van der Waals surface area contributed by atoms with Crippen LogP contribution in [0.5, 0.6) is 0 Å². The Balaban J connectivity index is 1.58. The first-order valence-corrected chi connectivity index (χ1v) is 12.0. The summed E-state index contributed by atoms with van der Waals surface area (Å²) >= 11 is 0. The van der Waals surface area contributed by atoms with Crippen LogP contribution in [0.2, 0.25) is 0 Å². The van der Waals surface area contributed by atoms with Gasteiger partial charge < -0.3 is 25.6 Å². The van der Waals surface area contributed by atoms with E-state index in [0.717, 1.165) is 31.9 Å². The summed E-state index contributed by atoms with van der Waals surface area (Å²) in [6, 6.07) is 9.16. The molecule has 36 heavy (non-hydrogen) atoms. The van der Waals surface area contributed by atoms with E-state index in [2.05, 4.69) is 53.3 Å². The van der Waals surface area contributed by atoms with Crippen molar-refractivity contribution in [1.29, 1.82) is 0 Å². The zero-order valence-corrected chi connectivity index (χ0v) is 21.0. The average molecular weight is 493 g/mol. The molecule has 1 saturated heterocycles. The molecule has 0 radical (unpaired) electrons. The molecule has 0 spiro atoms. The van der Waals surface area contributed by atoms with Crippen molar-refractivity contribution in [2.75, 3.05) is 48.3 Å². The van der Waals surface area contributed by atoms with Crippen molar-refractivity contribution < 1.29 is 14.3 Å². The minimum atomic E-state index is -0.593. The summed E-state index contributed by atoms with van der Waals surface area (Å²) in [5.41, 5.74) is 1.98. The smallest absolute Gasteiger partial charge is 0.341 e. The molecule has 3 aromatic rings. The first-order chi connectivity index (χ1) is 17.2. The Hall–Kier alpha value is -3.99. The average Bonchev–Trinajstić information content (AvgIpc) is 2.83. The van der Waals surface area contributed by atoms with Crippen LogP contribution in [0.15, 0.2) is 36.5 Å². The third kappa shape index (κ3) is 6.36. The number of carbonyl (C=O) groups is 2. The number of benzene rings is 1. The van der Waals surface area contributed by atoms with Gasteiger partial charge in [-0.05, 0) is 58.0 Å². The SMILES string of the molecule is CCOC(=O)c1cc2cnc(Nc3ccc(N4CCNCC4)cc3)nc2nc1NC(=O)NC(C)(C)C. The summed E-state index contributed by atoms with van der Waals surface area (Å²) in [7, 11) is 0. The van der Waals surface area contributed by atoms with Gasteiger partial charge in [-0.1, -0.05) is 0 Å². The van der Waals surface area contributed by atoms with Crippen LogP contribution in [-0.4, -0.2) is 65.3 Å². The number of aromatic nitrogens is 3. The Morgan fingerprint density at radius 2 is 1.83 bits per heavy atom. The number of fused-ring (bicyclic) bond motifs is 1. The van der Waals surface area contributed by atoms with Crippen molar-refractivity contribution in [3.63, 3.8) is 0 Å². The molecule has 11 heteroatoms. The third-order valence-electron chi connectivity index (χ3n) is 5.39. The highest BCUT2D eigenvalue weighted by atomic mass is 16.5. The van der Waals surface area contributed by atoms with Gasteiger partial charge in [-0.15, -0.1) is 0 Å². The van der Waals surface area contributed by atoms with E-state index in [1.165, 1.54) is 5.69 Å². The lowest BCUT2D eigenvalue weighted by atomic mass is 10.1. The first kappa shape index (κ1) is 25.1. The molecule has 11 nitrogen and oxygen atoms in total. The van der Waals surface area contributed by atoms with E-state index in [-0.39, 0.29) is 18.0 Å². The third-order valence-corrected chi connectivity index (χ3v) is 5.39. The number of esters is 1. The summed E-state index contributed by atoms with van der Waals surface area (Å²) in [6.07, 6.45) is 1.58. The number of pyridine rings is 1. The molecule has 0 bridgehead atoms. The summed E-state index contributed by atoms with van der Waals surface area (Å²) in [6.45, 7) is 11.4. The van der Waals surface area contributed by atoms with Gasteiger partial charge in [0.25, 0.3) is 0 Å². The molecule has 2 amide bonds. The quantitative estimate of drug-likeness (QED) is 0.383. The van der Waals surface area contributed by atoms with Crippen LogP contribution >= 0.6 is 0 Å². The second kappa shape index (κ2) is 10.7. The normalized spacial score (nSPS) is 13.8. The largest absolute Gasteiger partial charge is 0.462 e. The monoisotopic (exact) mass is 492 g/mol. The number of anilines is 4. The molecule has 4 rings (SSSR count). The van der Waals surface area contributed by atoms with Crippen molar-refractivity contribution in [3.05, 3.63) is 42.1 Å². The number of nitrogens with zero attached hydrogens (tertiary/aromatic N) is 4. The number of urea groups is 1. The fraction of sp³-hybridized carbons (Fsp3) is 0.400. The van der Waals surface area contributed by atoms with Crippen LogP contribution in [0.3, 0.4) is 0 Å². The minimum absolute atomic E-state index is 0.0627. The summed E-state index contributed by atoms with van der Waals surface area (Å²) in [4.78, 5) is 40.7. The maximum absolute atomic E-state index is 12.5. The fourth-order valence-corrected chi connectivity index (χ4v) is 3.77. The Morgan fingerprint density at radius 3 is 2.50 bits per heavy atom. The number of nitrogens with one attached hydrogen (secondary N) is 4. The van der Waals surface area contributed by atoms with Gasteiger partial charge in [-0.25, -0.2) is 19.6 Å². The lowest BCUT2D eigenvalue weighted by molar-refractivity contribution is 0.0527. The molecule has 0 aliphatic carbocycles. The Kier molecular flexibility index (Phi) is 7.49. The maximum Gasteiger partial charge on any atom is 0.341 e. The number of piperazine rings is 1. The number of ether oxygens (including phenoxy) is 1. The molecule has 0 atom stereocenters. The van der Waals surface area contributed by atoms with E-state index >= 15 is 0 Å². The van der Waals surface area contributed by atoms with Crippen LogP contribution in [0.25, 0.3) is 11.0 Å². The highest BCUT2D eigenvalue weighted by Gasteiger charge is 2.21. The van der Waals surface area contributed by atoms with E-state index in [9.17, 15) is 9.59 Å². The van der Waals surface area contributed by atoms with Crippen molar-refractivity contribution in [2.45, 2.75) is 33.2 Å². The van der Waals surface area contributed by atoms with Crippen LogP contribution in [0.4, 0.5) is 27.9 Å². The highest BCUT2D eigenvalue weighted by molar-refractivity contribution is 6.02. The van der Waals surface area contributed by atoms with E-state index in [0.29, 0.717) is 17.0 Å². The number of rotatable bonds is 6. The van der Waals surface area contributed by atoms with Crippen LogP contribution in [-0.2, 0) is 4.74 Å². The molecular formula is C25H32N8O3. The van der Waals surface area contributed by atoms with Gasteiger partial charge in [0, 0.05) is 54.7 Å². The zero-order valence-electron chi connectivity index (χ0n) is 21.0. The van der Waals surface area contributed by atoms with E-state index < -0.39 is 17.5 Å². The van der Waals surface area contributed by atoms with Crippen LogP contribution in [0.1, 0.15) is 38.1 Å². The van der Waals surface area contributed by atoms with Crippen molar-refractivity contribution in [1.82, 2.24) is 25.6 Å². The van der Waals surface area contributed by atoms with Gasteiger partial charge in [0.1, 0.15) is 5.56 Å². The standard InChI is InChI=1S/C25H32N8O3/c1-5-36-22(34)19-14-16-15-27-23(30-20(16)29-21(19)31-24(35)32-25(2,3)4)28-17-6-8-18(9-7-17)33-12-10-26-11-13-33/h6-9,14-15,26H,5,10-13H2,1-4H3,(H3,27,28,29,30,31,32,35). The predicted molar refractivity (Wildman–Crippen MR) is 140 cm³/mol. The number of hydrogen-bond donors (Lipinski definition) is 4. The molecule has 1 aliphatic heterocycles. The van der Waals surface area contributed by atoms with Crippen molar-refractivity contribution in [3.8, 4) is 0 Å². The summed E-state index contributed by atoms with van der Waals surface area (Å²) in [5.74, 6) is -0.184. The lowest BCUT2D eigenvalue weighted by Crippen LogP contribution is -2.43. The fourth-order valence-electron chi connectivity index (χ4n) is 3.77. The zero-order chi connectivity index (χ0) is 25.7. The second-order valence-electron chi connectivity index (χ2n) is 9.45. The van der Waals surface area contributed by atoms with Gasteiger partial charge in [0.15, 0.2) is 11.5 Å². The van der Waals surface area contributed by atoms with E-state index in [1.807, 2.05) is 32.9 Å². The van der Waals surface area contributed by atoms with Gasteiger partial charge in [0.05, 0.1) is 6.61 Å². The highest BCUT2D eigenvalue weighted by Crippen LogP contribution is 2.24. The second-order valence-corrected chi connectivity index (χ2v) is 9.45. The Labute approximate surface area is 210 Å². The van der Waals surface area contributed by atoms with E-state index in [4.69, 9.17) is 4.74 Å². The Morgan fingerprint density at radius 1 is 1.11 bits per heavy atom. The minimum Gasteiger partial charge on any atom is -0.462 e. The molecule has 190 valence electrons. The molecule has 3 heterocycles. The number of carbonyl (C=O) groups excluding carboxylic acids is 2. The van der Waals surface area contributed by atoms with Gasteiger partial charge >= 0.3 is 12.0 Å². The topological polar surface area (TPSA) is 133 Å². The summed E-state index contributed by atoms with van der Waals surface area (Å²) < 4.78 is 5.15. The molecule has 0 saturated carbocycles. The number of hydrogen-bond acceptors (Lipinski definition) is 9. The molecule has 1 aromatic carbocycles. The van der Waals surface area contributed by atoms with Crippen molar-refractivity contribution >= 4 is 46.2 Å². The molecule has 4 N–H and O–H groups in total. The van der Waals surface area contributed by atoms with E-state index in [1.54, 1.807) is 19.2 Å². The van der Waals surface area contributed by atoms with Gasteiger partial charge in [-0.3, -0.25) is 5.32 Å². The molecular weight excluding hydrogens is 460 g/mol. The van der Waals surface area contributed by atoms with Crippen LogP contribution in [0, 0.1) is 0 Å². The predicted octanol–water partition coefficient (Wildman–Crippen LogP) is 3.27. The molecule has 0 unspecified atom stereocenters. The van der Waals surface area contributed by atoms with Crippen LogP contribution < -0.4 is 26.2 Å². The first-order valence-electron chi connectivity index (χ1n) is 12.0. The molecule has 1 aliphatic rings. The molecule has 1 fully saturated rings. The van der Waals surface area contributed by atoms with Crippen molar-refractivity contribution in [2.24, 2.45) is 0 Å². The lowest BCUT2D eigenvalue weighted by Gasteiger charge is -2.29. The summed E-state index contributed by atoms with van der Waals surface area (Å²) in [5, 5.41) is 12.5. The molecule has 2 aromatic heterocycles. The van der Waals surface area contributed by atoms with Gasteiger partial charge in [-0.2, -0.15) is 4.98 Å². The Bertz CT molecular complexity index is 1230. The number of amides is 2. The maximum atomic E-state index is 12.5.